The largest absolute Gasteiger partial charge is 0.300 e. The summed E-state index contributed by atoms with van der Waals surface area (Å²) in [5.41, 5.74) is 0. The monoisotopic (exact) mass is 168 g/mol. The van der Waals surface area contributed by atoms with E-state index in [9.17, 15) is 4.79 Å². The SMILES string of the molecule is CCCC(C)C=CCCC(C)=O. The zero-order chi connectivity index (χ0) is 9.40. The predicted octanol–water partition coefficient (Wildman–Crippen LogP) is 3.35. The molecule has 1 heteroatoms. The molecule has 70 valence electrons. The first-order valence-corrected chi connectivity index (χ1v) is 4.83. The van der Waals surface area contributed by atoms with E-state index in [-0.39, 0.29) is 5.78 Å². The third kappa shape index (κ3) is 7.52. The van der Waals surface area contributed by atoms with Crippen molar-refractivity contribution in [2.45, 2.75) is 46.5 Å². The van der Waals surface area contributed by atoms with Gasteiger partial charge in [0.1, 0.15) is 5.78 Å². The van der Waals surface area contributed by atoms with Crippen molar-refractivity contribution in [3.63, 3.8) is 0 Å². The van der Waals surface area contributed by atoms with E-state index in [2.05, 4.69) is 26.0 Å². The van der Waals surface area contributed by atoms with Gasteiger partial charge in [0.25, 0.3) is 0 Å². The van der Waals surface area contributed by atoms with Gasteiger partial charge in [-0.3, -0.25) is 0 Å². The smallest absolute Gasteiger partial charge is 0.130 e. The van der Waals surface area contributed by atoms with Crippen LogP contribution in [-0.2, 0) is 4.79 Å². The Balaban J connectivity index is 3.40. The van der Waals surface area contributed by atoms with Crippen LogP contribution in [0.3, 0.4) is 0 Å². The van der Waals surface area contributed by atoms with Crippen molar-refractivity contribution in [3.05, 3.63) is 12.2 Å². The molecular formula is C11H20O. The highest BCUT2D eigenvalue weighted by Gasteiger charge is 1.93. The van der Waals surface area contributed by atoms with E-state index in [1.807, 2.05) is 0 Å². The minimum Gasteiger partial charge on any atom is -0.300 e. The van der Waals surface area contributed by atoms with Crippen molar-refractivity contribution in [2.24, 2.45) is 5.92 Å². The zero-order valence-corrected chi connectivity index (χ0v) is 8.47. The Morgan fingerprint density at radius 3 is 2.67 bits per heavy atom. The Morgan fingerprint density at radius 1 is 1.50 bits per heavy atom. The molecule has 0 radical (unpaired) electrons. The Hall–Kier alpha value is -0.590. The molecule has 0 saturated carbocycles. The molecule has 12 heavy (non-hydrogen) atoms. The van der Waals surface area contributed by atoms with Crippen molar-refractivity contribution in [3.8, 4) is 0 Å². The van der Waals surface area contributed by atoms with Gasteiger partial charge in [-0.1, -0.05) is 32.4 Å². The highest BCUT2D eigenvalue weighted by Crippen LogP contribution is 2.07. The van der Waals surface area contributed by atoms with Crippen LogP contribution in [0.25, 0.3) is 0 Å². The van der Waals surface area contributed by atoms with Crippen molar-refractivity contribution >= 4 is 5.78 Å². The summed E-state index contributed by atoms with van der Waals surface area (Å²) in [6.07, 6.45) is 8.42. The molecule has 0 aliphatic heterocycles. The first kappa shape index (κ1) is 11.4. The molecule has 0 rings (SSSR count). The second-order valence-electron chi connectivity index (χ2n) is 3.43. The fourth-order valence-electron chi connectivity index (χ4n) is 1.17. The molecule has 0 bridgehead atoms. The van der Waals surface area contributed by atoms with Crippen LogP contribution in [0, 0.1) is 5.92 Å². The van der Waals surface area contributed by atoms with Gasteiger partial charge in [0.05, 0.1) is 0 Å². The number of carbonyl (C=O) groups is 1. The summed E-state index contributed by atoms with van der Waals surface area (Å²) in [7, 11) is 0. The van der Waals surface area contributed by atoms with Crippen LogP contribution in [0.1, 0.15) is 46.5 Å². The maximum Gasteiger partial charge on any atom is 0.130 e. The molecule has 1 unspecified atom stereocenters. The third-order valence-electron chi connectivity index (χ3n) is 1.87. The Morgan fingerprint density at radius 2 is 2.17 bits per heavy atom. The lowest BCUT2D eigenvalue weighted by Gasteiger charge is -2.01. The summed E-state index contributed by atoms with van der Waals surface area (Å²) in [6, 6.07) is 0. The van der Waals surface area contributed by atoms with Crippen molar-refractivity contribution in [2.75, 3.05) is 0 Å². The van der Waals surface area contributed by atoms with Crippen LogP contribution < -0.4 is 0 Å². The van der Waals surface area contributed by atoms with Crippen LogP contribution in [0.2, 0.25) is 0 Å². The van der Waals surface area contributed by atoms with E-state index in [0.29, 0.717) is 12.3 Å². The predicted molar refractivity (Wildman–Crippen MR) is 53.1 cm³/mol. The Labute approximate surface area is 75.9 Å². The van der Waals surface area contributed by atoms with Crippen molar-refractivity contribution < 1.29 is 4.79 Å². The average Bonchev–Trinajstić information content (AvgIpc) is 1.98. The van der Waals surface area contributed by atoms with E-state index >= 15 is 0 Å². The molecule has 0 aromatic rings. The highest BCUT2D eigenvalue weighted by atomic mass is 16.1. The molecule has 0 heterocycles. The third-order valence-corrected chi connectivity index (χ3v) is 1.87. The van der Waals surface area contributed by atoms with Crippen LogP contribution in [0.4, 0.5) is 0 Å². The number of Topliss-reactive ketones (excluding diaryl/α,β-unsaturated/α-hetero) is 1. The number of allylic oxidation sites excluding steroid dienone is 2. The van der Waals surface area contributed by atoms with Crippen molar-refractivity contribution in [1.82, 2.24) is 0 Å². The van der Waals surface area contributed by atoms with Gasteiger partial charge in [-0.05, 0) is 25.7 Å². The van der Waals surface area contributed by atoms with Gasteiger partial charge in [0, 0.05) is 6.42 Å². The van der Waals surface area contributed by atoms with E-state index in [0.717, 1.165) is 6.42 Å². The molecular weight excluding hydrogens is 148 g/mol. The Kier molecular flexibility index (Phi) is 6.73. The number of hydrogen-bond acceptors (Lipinski definition) is 1. The van der Waals surface area contributed by atoms with Crippen LogP contribution in [0.15, 0.2) is 12.2 Å². The van der Waals surface area contributed by atoms with Gasteiger partial charge in [0.2, 0.25) is 0 Å². The van der Waals surface area contributed by atoms with E-state index in [4.69, 9.17) is 0 Å². The lowest BCUT2D eigenvalue weighted by molar-refractivity contribution is -0.116. The lowest BCUT2D eigenvalue weighted by Crippen LogP contribution is -1.89. The van der Waals surface area contributed by atoms with Crippen LogP contribution in [0.5, 0.6) is 0 Å². The fourth-order valence-corrected chi connectivity index (χ4v) is 1.17. The van der Waals surface area contributed by atoms with E-state index in [1.54, 1.807) is 6.92 Å². The normalized spacial score (nSPS) is 13.6. The van der Waals surface area contributed by atoms with Crippen LogP contribution >= 0.6 is 0 Å². The second-order valence-corrected chi connectivity index (χ2v) is 3.43. The molecule has 0 saturated heterocycles. The number of hydrogen-bond donors (Lipinski definition) is 0. The quantitative estimate of drug-likeness (QED) is 0.556. The lowest BCUT2D eigenvalue weighted by atomic mass is 10.1. The molecule has 0 spiro atoms. The van der Waals surface area contributed by atoms with Gasteiger partial charge >= 0.3 is 0 Å². The standard InChI is InChI=1S/C11H20O/c1-4-7-10(2)8-5-6-9-11(3)12/h5,8,10H,4,6-7,9H2,1-3H3. The van der Waals surface area contributed by atoms with E-state index in [1.165, 1.54) is 12.8 Å². The second kappa shape index (κ2) is 7.08. The topological polar surface area (TPSA) is 17.1 Å². The minimum absolute atomic E-state index is 0.280. The first-order valence-electron chi connectivity index (χ1n) is 4.83. The summed E-state index contributed by atoms with van der Waals surface area (Å²) in [6.45, 7) is 6.05. The van der Waals surface area contributed by atoms with Gasteiger partial charge in [-0.15, -0.1) is 0 Å². The number of ketones is 1. The zero-order valence-electron chi connectivity index (χ0n) is 8.47. The highest BCUT2D eigenvalue weighted by molar-refractivity contribution is 5.75. The maximum absolute atomic E-state index is 10.6. The summed E-state index contributed by atoms with van der Waals surface area (Å²) in [4.78, 5) is 10.6. The average molecular weight is 168 g/mol. The molecule has 0 amide bonds. The molecule has 1 nitrogen and oxygen atoms in total. The summed E-state index contributed by atoms with van der Waals surface area (Å²) >= 11 is 0. The fraction of sp³-hybridized carbons (Fsp3) is 0.727. The molecule has 0 aliphatic rings. The van der Waals surface area contributed by atoms with E-state index < -0.39 is 0 Å². The van der Waals surface area contributed by atoms with Crippen LogP contribution in [-0.4, -0.2) is 5.78 Å². The van der Waals surface area contributed by atoms with Gasteiger partial charge < -0.3 is 4.79 Å². The molecule has 0 aromatic heterocycles. The summed E-state index contributed by atoms with van der Waals surface area (Å²) in [5, 5.41) is 0. The summed E-state index contributed by atoms with van der Waals surface area (Å²) < 4.78 is 0. The maximum atomic E-state index is 10.6. The number of rotatable bonds is 6. The number of carbonyl (C=O) groups excluding carboxylic acids is 1. The molecule has 0 aromatic carbocycles. The molecule has 0 N–H and O–H groups in total. The first-order chi connectivity index (χ1) is 5.66. The van der Waals surface area contributed by atoms with Gasteiger partial charge in [-0.25, -0.2) is 0 Å². The Bertz CT molecular complexity index is 147. The molecule has 0 fully saturated rings. The van der Waals surface area contributed by atoms with Gasteiger partial charge in [0.15, 0.2) is 0 Å². The summed E-state index contributed by atoms with van der Waals surface area (Å²) in [5.74, 6) is 0.949. The van der Waals surface area contributed by atoms with Gasteiger partial charge in [-0.2, -0.15) is 0 Å². The molecule has 0 aliphatic carbocycles. The van der Waals surface area contributed by atoms with Crippen molar-refractivity contribution in [1.29, 1.82) is 0 Å². The minimum atomic E-state index is 0.280. The molecule has 1 atom stereocenters.